The average molecular weight is 687 g/mol. The first-order chi connectivity index (χ1) is 24.0. The topological polar surface area (TPSA) is 78.9 Å². The maximum atomic E-state index is 12.5. The Labute approximate surface area is 301 Å². The van der Waals surface area contributed by atoms with Gasteiger partial charge in [0.25, 0.3) is 0 Å². The highest BCUT2D eigenvalue weighted by Crippen LogP contribution is 2.13. The fourth-order valence-corrected chi connectivity index (χ4v) is 5.33. The molecule has 0 saturated heterocycles. The molecule has 282 valence electrons. The van der Waals surface area contributed by atoms with Crippen molar-refractivity contribution >= 4 is 17.9 Å². The summed E-state index contributed by atoms with van der Waals surface area (Å²) in [6.07, 6.45) is 42.8. The number of carbonyl (C=O) groups excluding carboxylic acids is 3. The number of ether oxygens (including phenoxy) is 3. The molecule has 0 radical (unpaired) electrons. The van der Waals surface area contributed by atoms with Crippen LogP contribution in [0.5, 0.6) is 0 Å². The molecular weight excluding hydrogens is 612 g/mol. The van der Waals surface area contributed by atoms with Crippen molar-refractivity contribution in [1.82, 2.24) is 0 Å². The van der Waals surface area contributed by atoms with E-state index in [9.17, 15) is 14.4 Å². The van der Waals surface area contributed by atoms with Crippen LogP contribution in [0.4, 0.5) is 0 Å². The summed E-state index contributed by atoms with van der Waals surface area (Å²) in [6.45, 7) is 6.34. The van der Waals surface area contributed by atoms with Gasteiger partial charge in [0.05, 0.1) is 6.42 Å². The van der Waals surface area contributed by atoms with E-state index in [1.165, 1.54) is 89.9 Å². The molecule has 6 nitrogen and oxygen atoms in total. The van der Waals surface area contributed by atoms with Crippen LogP contribution in [-0.2, 0) is 28.6 Å². The standard InChI is InChI=1S/C43H74O6/c1-4-7-10-13-16-19-20-21-22-25-27-30-33-36-42(45)48-39-40(49-43(46)37-34-31-28-24-18-15-12-9-6-3)38-47-41(44)35-32-29-26-23-17-14-11-8-5-2/h9,12,18,23-24,26,31,34,40H,4-8,10-11,13-17,19-22,25,27-30,32-33,35-39H2,1-3H3/b12-9-,24-18-,26-23-,34-31-. The van der Waals surface area contributed by atoms with Crippen LogP contribution in [0.1, 0.15) is 188 Å². The number of unbranched alkanes of at least 4 members (excludes halogenated alkanes) is 17. The van der Waals surface area contributed by atoms with Crippen LogP contribution < -0.4 is 0 Å². The zero-order valence-electron chi connectivity index (χ0n) is 31.9. The molecule has 1 atom stereocenters. The third-order valence-electron chi connectivity index (χ3n) is 8.35. The predicted molar refractivity (Wildman–Crippen MR) is 205 cm³/mol. The predicted octanol–water partition coefficient (Wildman–Crippen LogP) is 12.4. The molecule has 49 heavy (non-hydrogen) atoms. The Morgan fingerprint density at radius 3 is 1.41 bits per heavy atom. The van der Waals surface area contributed by atoms with Crippen molar-refractivity contribution in [3.8, 4) is 0 Å². The second-order valence-electron chi connectivity index (χ2n) is 13.2. The molecule has 1 unspecified atom stereocenters. The van der Waals surface area contributed by atoms with Gasteiger partial charge in [0.15, 0.2) is 6.10 Å². The molecule has 0 aromatic rings. The van der Waals surface area contributed by atoms with Crippen LogP contribution in [-0.4, -0.2) is 37.2 Å². The van der Waals surface area contributed by atoms with Crippen molar-refractivity contribution in [2.24, 2.45) is 0 Å². The summed E-state index contributed by atoms with van der Waals surface area (Å²) in [7, 11) is 0. The molecule has 0 aliphatic rings. The first-order valence-electron chi connectivity index (χ1n) is 20.1. The number of hydrogen-bond acceptors (Lipinski definition) is 6. The Kier molecular flexibility index (Phi) is 36.1. The minimum absolute atomic E-state index is 0.103. The molecule has 0 amide bonds. The zero-order valence-corrected chi connectivity index (χ0v) is 31.9. The average Bonchev–Trinajstić information content (AvgIpc) is 3.10. The third kappa shape index (κ3) is 36.5. The van der Waals surface area contributed by atoms with E-state index in [1.807, 2.05) is 6.08 Å². The Morgan fingerprint density at radius 1 is 0.449 bits per heavy atom. The lowest BCUT2D eigenvalue weighted by Gasteiger charge is -2.18. The molecule has 0 aromatic carbocycles. The zero-order chi connectivity index (χ0) is 35.9. The van der Waals surface area contributed by atoms with Crippen molar-refractivity contribution in [1.29, 1.82) is 0 Å². The molecule has 0 aliphatic carbocycles. The Balaban J connectivity index is 4.45. The highest BCUT2D eigenvalue weighted by Gasteiger charge is 2.19. The third-order valence-corrected chi connectivity index (χ3v) is 8.35. The second-order valence-corrected chi connectivity index (χ2v) is 13.2. The van der Waals surface area contributed by atoms with Gasteiger partial charge in [0, 0.05) is 12.8 Å². The van der Waals surface area contributed by atoms with Crippen LogP contribution >= 0.6 is 0 Å². The molecule has 0 bridgehead atoms. The lowest BCUT2D eigenvalue weighted by molar-refractivity contribution is -0.166. The Hall–Kier alpha value is -2.63. The van der Waals surface area contributed by atoms with Gasteiger partial charge in [-0.3, -0.25) is 14.4 Å². The van der Waals surface area contributed by atoms with Crippen molar-refractivity contribution in [2.45, 2.75) is 194 Å². The summed E-state index contributed by atoms with van der Waals surface area (Å²) in [4.78, 5) is 37.3. The number of carbonyl (C=O) groups is 3. The lowest BCUT2D eigenvalue weighted by atomic mass is 10.0. The fraction of sp³-hybridized carbons (Fsp3) is 0.744. The molecule has 0 aromatic heterocycles. The minimum atomic E-state index is -0.825. The van der Waals surface area contributed by atoms with Gasteiger partial charge >= 0.3 is 17.9 Å². The maximum absolute atomic E-state index is 12.5. The van der Waals surface area contributed by atoms with Gasteiger partial charge in [-0.1, -0.05) is 166 Å². The van der Waals surface area contributed by atoms with Crippen molar-refractivity contribution in [2.75, 3.05) is 13.2 Å². The second kappa shape index (κ2) is 38.2. The van der Waals surface area contributed by atoms with E-state index in [1.54, 1.807) is 6.08 Å². The van der Waals surface area contributed by atoms with Crippen LogP contribution in [0.2, 0.25) is 0 Å². The van der Waals surface area contributed by atoms with Crippen molar-refractivity contribution < 1.29 is 28.6 Å². The highest BCUT2D eigenvalue weighted by atomic mass is 16.6. The number of allylic oxidation sites excluding steroid dienone is 7. The summed E-state index contributed by atoms with van der Waals surface area (Å²) in [5.41, 5.74) is 0. The van der Waals surface area contributed by atoms with E-state index in [2.05, 4.69) is 57.2 Å². The van der Waals surface area contributed by atoms with Crippen LogP contribution in [0.25, 0.3) is 0 Å². The van der Waals surface area contributed by atoms with E-state index < -0.39 is 12.1 Å². The molecule has 0 aliphatic heterocycles. The molecule has 0 saturated carbocycles. The monoisotopic (exact) mass is 687 g/mol. The normalized spacial score (nSPS) is 12.5. The Morgan fingerprint density at radius 2 is 0.878 bits per heavy atom. The molecule has 6 heteroatoms. The highest BCUT2D eigenvalue weighted by molar-refractivity contribution is 5.72. The van der Waals surface area contributed by atoms with Gasteiger partial charge in [-0.2, -0.15) is 0 Å². The molecule has 0 fully saturated rings. The van der Waals surface area contributed by atoms with Gasteiger partial charge in [-0.05, 0) is 51.4 Å². The van der Waals surface area contributed by atoms with E-state index in [0.29, 0.717) is 19.3 Å². The SMILES string of the molecule is CC/C=C\C/C=C\C/C=C\CC(=O)OC(COC(=O)CCC/C=C\CCCCCC)COC(=O)CCCCCCCCCCCCCCC. The Bertz CT molecular complexity index is 887. The summed E-state index contributed by atoms with van der Waals surface area (Å²) in [5.74, 6) is -1.09. The lowest BCUT2D eigenvalue weighted by Crippen LogP contribution is -2.30. The quantitative estimate of drug-likeness (QED) is 0.0286. The summed E-state index contributed by atoms with van der Waals surface area (Å²) in [5, 5.41) is 0. The van der Waals surface area contributed by atoms with Gasteiger partial charge in [0.2, 0.25) is 0 Å². The largest absolute Gasteiger partial charge is 0.462 e. The van der Waals surface area contributed by atoms with Crippen LogP contribution in [0, 0.1) is 0 Å². The van der Waals surface area contributed by atoms with Gasteiger partial charge in [-0.25, -0.2) is 0 Å². The van der Waals surface area contributed by atoms with Crippen molar-refractivity contribution in [3.05, 3.63) is 48.6 Å². The van der Waals surface area contributed by atoms with Gasteiger partial charge in [0.1, 0.15) is 13.2 Å². The van der Waals surface area contributed by atoms with E-state index in [-0.39, 0.29) is 31.6 Å². The van der Waals surface area contributed by atoms with Crippen LogP contribution in [0.3, 0.4) is 0 Å². The minimum Gasteiger partial charge on any atom is -0.462 e. The molecule has 0 spiro atoms. The number of rotatable bonds is 35. The van der Waals surface area contributed by atoms with Gasteiger partial charge in [-0.15, -0.1) is 0 Å². The fourth-order valence-electron chi connectivity index (χ4n) is 5.33. The first kappa shape index (κ1) is 46.4. The van der Waals surface area contributed by atoms with Gasteiger partial charge < -0.3 is 14.2 Å². The summed E-state index contributed by atoms with van der Waals surface area (Å²) in [6, 6.07) is 0. The van der Waals surface area contributed by atoms with E-state index in [4.69, 9.17) is 14.2 Å². The summed E-state index contributed by atoms with van der Waals surface area (Å²) >= 11 is 0. The molecule has 0 N–H and O–H groups in total. The smallest absolute Gasteiger partial charge is 0.310 e. The first-order valence-corrected chi connectivity index (χ1v) is 20.1. The molecule has 0 rings (SSSR count). The molecule has 0 heterocycles. The number of hydrogen-bond donors (Lipinski definition) is 0. The maximum Gasteiger partial charge on any atom is 0.310 e. The number of esters is 3. The van der Waals surface area contributed by atoms with E-state index in [0.717, 1.165) is 51.4 Å². The molecular formula is C43H74O6. The van der Waals surface area contributed by atoms with E-state index >= 15 is 0 Å². The van der Waals surface area contributed by atoms with Crippen molar-refractivity contribution in [3.63, 3.8) is 0 Å². The summed E-state index contributed by atoms with van der Waals surface area (Å²) < 4.78 is 16.4. The van der Waals surface area contributed by atoms with Crippen LogP contribution in [0.15, 0.2) is 48.6 Å².